The third-order valence-corrected chi connectivity index (χ3v) is 10.6. The Bertz CT molecular complexity index is 2510. The number of aryl methyl sites for hydroxylation is 3. The van der Waals surface area contributed by atoms with Gasteiger partial charge in [0.1, 0.15) is 0 Å². The van der Waals surface area contributed by atoms with Crippen LogP contribution in [0.5, 0.6) is 0 Å². The van der Waals surface area contributed by atoms with E-state index in [0.717, 1.165) is 40.0 Å². The van der Waals surface area contributed by atoms with Crippen LogP contribution < -0.4 is 0 Å². The van der Waals surface area contributed by atoms with Crippen LogP contribution in [-0.4, -0.2) is 0 Å². The van der Waals surface area contributed by atoms with Crippen LogP contribution in [0.25, 0.3) is 62.4 Å². The molecule has 0 amide bonds. The average molecular weight is 747 g/mol. The molecular formula is C55H54S. The highest BCUT2D eigenvalue weighted by molar-refractivity contribution is 7.80. The Morgan fingerprint density at radius 2 is 1.39 bits per heavy atom. The lowest BCUT2D eigenvalue weighted by Crippen LogP contribution is -2.04. The largest absolute Gasteiger partial charge is 0.143 e. The first-order valence-electron chi connectivity index (χ1n) is 19.7. The Kier molecular flexibility index (Phi) is 14.5. The third kappa shape index (κ3) is 9.17. The maximum absolute atomic E-state index is 5.80. The molecule has 0 saturated heterocycles. The van der Waals surface area contributed by atoms with Gasteiger partial charge in [0.25, 0.3) is 0 Å². The van der Waals surface area contributed by atoms with Crippen molar-refractivity contribution >= 4 is 52.8 Å². The molecular weight excluding hydrogens is 693 g/mol. The first kappa shape index (κ1) is 41.4. The van der Waals surface area contributed by atoms with Crippen LogP contribution in [0.1, 0.15) is 85.5 Å². The molecule has 6 aromatic rings. The number of rotatable bonds is 7. The molecule has 0 atom stereocenters. The van der Waals surface area contributed by atoms with E-state index >= 15 is 0 Å². The molecule has 1 heteroatoms. The summed E-state index contributed by atoms with van der Waals surface area (Å²) in [5.41, 5.74) is 18.4. The molecule has 0 N–H and O–H groups in total. The average Bonchev–Trinajstić information content (AvgIpc) is 3.23. The number of hydrogen-bond donors (Lipinski definition) is 1. The quantitative estimate of drug-likeness (QED) is 0.0939. The van der Waals surface area contributed by atoms with Crippen LogP contribution in [0.3, 0.4) is 0 Å². The monoisotopic (exact) mass is 746 g/mol. The molecule has 7 rings (SSSR count). The number of hydrogen-bond acceptors (Lipinski definition) is 1. The molecule has 0 aliphatic heterocycles. The van der Waals surface area contributed by atoms with E-state index in [0.29, 0.717) is 0 Å². The molecule has 0 aromatic heterocycles. The van der Waals surface area contributed by atoms with Gasteiger partial charge in [0, 0.05) is 10.5 Å². The second-order valence-corrected chi connectivity index (χ2v) is 14.3. The highest BCUT2D eigenvalue weighted by Crippen LogP contribution is 2.40. The van der Waals surface area contributed by atoms with Gasteiger partial charge in [-0.25, -0.2) is 0 Å². The molecule has 0 spiro atoms. The molecule has 0 radical (unpaired) electrons. The first-order chi connectivity index (χ1) is 27.3. The summed E-state index contributed by atoms with van der Waals surface area (Å²) in [6, 6.07) is 40.8. The van der Waals surface area contributed by atoms with E-state index in [1.54, 1.807) is 0 Å². The second-order valence-electron chi connectivity index (χ2n) is 13.8. The maximum atomic E-state index is 5.80. The lowest BCUT2D eigenvalue weighted by atomic mass is 9.81. The summed E-state index contributed by atoms with van der Waals surface area (Å²) < 4.78 is 0. The van der Waals surface area contributed by atoms with Crippen molar-refractivity contribution < 1.29 is 0 Å². The fourth-order valence-corrected chi connectivity index (χ4v) is 7.85. The minimum absolute atomic E-state index is 0.942. The van der Waals surface area contributed by atoms with E-state index < -0.39 is 0 Å². The molecule has 1 aliphatic carbocycles. The number of terminal acetylenes is 1. The van der Waals surface area contributed by atoms with Crippen molar-refractivity contribution in [2.24, 2.45) is 0 Å². The van der Waals surface area contributed by atoms with Crippen LogP contribution in [0, 0.1) is 26.2 Å². The smallest absolute Gasteiger partial charge is 0.0346 e. The van der Waals surface area contributed by atoms with Gasteiger partial charge < -0.3 is 0 Å². The first-order valence-corrected chi connectivity index (χ1v) is 20.1. The number of benzene rings is 6. The van der Waals surface area contributed by atoms with Crippen molar-refractivity contribution in [1.82, 2.24) is 0 Å². The summed E-state index contributed by atoms with van der Waals surface area (Å²) in [7, 11) is 0. The summed E-state index contributed by atoms with van der Waals surface area (Å²) >= 11 is 4.65. The minimum Gasteiger partial charge on any atom is -0.143 e. The normalized spacial score (nSPS) is 12.4. The highest BCUT2D eigenvalue weighted by Gasteiger charge is 2.20. The zero-order valence-electron chi connectivity index (χ0n) is 34.1. The van der Waals surface area contributed by atoms with Crippen LogP contribution in [0.15, 0.2) is 151 Å². The Morgan fingerprint density at radius 3 is 2.05 bits per heavy atom. The second kappa shape index (κ2) is 19.7. The lowest BCUT2D eigenvalue weighted by Gasteiger charge is -2.23. The molecule has 56 heavy (non-hydrogen) atoms. The number of fused-ring (bicyclic) bond motifs is 3. The zero-order valence-corrected chi connectivity index (χ0v) is 35.0. The van der Waals surface area contributed by atoms with Gasteiger partial charge in [0.05, 0.1) is 0 Å². The number of thiol groups is 1. The summed E-state index contributed by atoms with van der Waals surface area (Å²) in [6.45, 7) is 18.5. The molecule has 6 aromatic carbocycles. The van der Waals surface area contributed by atoms with Crippen molar-refractivity contribution in [1.29, 1.82) is 0 Å². The third-order valence-electron chi connectivity index (χ3n) is 10.2. The summed E-state index contributed by atoms with van der Waals surface area (Å²) in [4.78, 5) is 0.975. The van der Waals surface area contributed by atoms with E-state index in [9.17, 15) is 0 Å². The highest BCUT2D eigenvalue weighted by atomic mass is 32.1. The van der Waals surface area contributed by atoms with Crippen LogP contribution in [0.2, 0.25) is 0 Å². The topological polar surface area (TPSA) is 0 Å². The van der Waals surface area contributed by atoms with Crippen molar-refractivity contribution in [2.45, 2.75) is 66.2 Å². The lowest BCUT2D eigenvalue weighted by molar-refractivity contribution is 1.01. The van der Waals surface area contributed by atoms with Crippen molar-refractivity contribution in [2.75, 3.05) is 0 Å². The Balaban J connectivity index is 0.000000206. The van der Waals surface area contributed by atoms with Gasteiger partial charge in [-0.1, -0.05) is 171 Å². The fourth-order valence-electron chi connectivity index (χ4n) is 7.58. The van der Waals surface area contributed by atoms with Crippen LogP contribution >= 0.6 is 12.6 Å². The summed E-state index contributed by atoms with van der Waals surface area (Å²) in [5.74, 6) is 2.86. The molecule has 0 heterocycles. The zero-order chi connectivity index (χ0) is 40.2. The molecule has 0 fully saturated rings. The minimum atomic E-state index is 0.942. The molecule has 0 unspecified atom stereocenters. The summed E-state index contributed by atoms with van der Waals surface area (Å²) in [5, 5.41) is 2.67. The predicted molar refractivity (Wildman–Crippen MR) is 253 cm³/mol. The van der Waals surface area contributed by atoms with Crippen LogP contribution in [0.4, 0.5) is 0 Å². The van der Waals surface area contributed by atoms with Gasteiger partial charge in [-0.3, -0.25) is 0 Å². The SMILES string of the molecule is C#C/C(=C(C)\C=C/C)c1ccc(-c2ccc(S)c(-c3ccccc3)c2)cc1C.C=Cc1c(/C=C\C)c2c(c3ccccc13)CCC(c1cccc(C)c1)=C2.CC. The van der Waals surface area contributed by atoms with E-state index in [4.69, 9.17) is 6.42 Å². The van der Waals surface area contributed by atoms with E-state index in [1.165, 1.54) is 72.0 Å². The molecule has 0 nitrogen and oxygen atoms in total. The van der Waals surface area contributed by atoms with Crippen molar-refractivity contribution in [3.63, 3.8) is 0 Å². The van der Waals surface area contributed by atoms with Gasteiger partial charge in [-0.2, -0.15) is 0 Å². The maximum Gasteiger partial charge on any atom is 0.0346 e. The fraction of sp³-hybridized carbons (Fsp3) is 0.164. The van der Waals surface area contributed by atoms with Gasteiger partial charge in [0.15, 0.2) is 0 Å². The Morgan fingerprint density at radius 1 is 0.714 bits per heavy atom. The van der Waals surface area contributed by atoms with Gasteiger partial charge in [0.2, 0.25) is 0 Å². The molecule has 0 saturated carbocycles. The van der Waals surface area contributed by atoms with Crippen LogP contribution in [-0.2, 0) is 6.42 Å². The summed E-state index contributed by atoms with van der Waals surface area (Å²) in [6.07, 6.45) is 20.8. The van der Waals surface area contributed by atoms with E-state index in [-0.39, 0.29) is 0 Å². The Hall–Kier alpha value is -5.81. The van der Waals surface area contributed by atoms with E-state index in [1.807, 2.05) is 39.0 Å². The molecule has 280 valence electrons. The molecule has 1 aliphatic rings. The van der Waals surface area contributed by atoms with Gasteiger partial charge in [-0.05, 0) is 143 Å². The number of allylic oxidation sites excluding steroid dienone is 6. The predicted octanol–water partition coefficient (Wildman–Crippen LogP) is 15.9. The van der Waals surface area contributed by atoms with Crippen molar-refractivity contribution in [3.05, 3.63) is 190 Å². The molecule has 0 bridgehead atoms. The Labute approximate surface area is 342 Å². The van der Waals surface area contributed by atoms with E-state index in [2.05, 4.69) is 186 Å². The van der Waals surface area contributed by atoms with Gasteiger partial charge in [-0.15, -0.1) is 19.1 Å². The van der Waals surface area contributed by atoms with Crippen molar-refractivity contribution in [3.8, 4) is 34.6 Å². The van der Waals surface area contributed by atoms with Gasteiger partial charge >= 0.3 is 0 Å². The standard InChI is InChI=1S/C27H24S.C26H24.C2H6/c1-5-10-19(3)24(6-2)25-15-13-22(17-20(25)4)23-14-16-27(28)26(18-23)21-11-8-7-9-12-21;1-4-9-22-21(5-2)23-12-6-7-13-24(23)25-15-14-20(17-26(22)25)19-11-8-10-18(3)16-19;1-2/h2,5,7-18,28H,1,3-4H3;4-13,16-17H,2,14-15H2,1,3H3;1-2H3/b10-5-,24-19+;9-4-;.